The molecule has 0 aliphatic rings. The minimum atomic E-state index is -0.287. The van der Waals surface area contributed by atoms with Gasteiger partial charge in [0, 0.05) is 19.4 Å². The molecule has 0 aliphatic carbocycles. The van der Waals surface area contributed by atoms with Crippen LogP contribution in [0.5, 0.6) is 5.75 Å². The number of benzene rings is 2. The van der Waals surface area contributed by atoms with Gasteiger partial charge in [0.05, 0.1) is 13.0 Å². The summed E-state index contributed by atoms with van der Waals surface area (Å²) in [5.74, 6) is 1.48. The Morgan fingerprint density at radius 3 is 2.44 bits per heavy atom. The highest BCUT2D eigenvalue weighted by molar-refractivity contribution is 5.77. The number of hydrogen-bond donors (Lipinski definition) is 1. The smallest absolute Gasteiger partial charge is 0.224 e. The van der Waals surface area contributed by atoms with E-state index in [2.05, 4.69) is 10.3 Å². The number of ether oxygens (including phenoxy) is 1. The quantitative estimate of drug-likeness (QED) is 0.722. The van der Waals surface area contributed by atoms with E-state index in [1.54, 1.807) is 6.20 Å². The molecule has 0 saturated heterocycles. The summed E-state index contributed by atoms with van der Waals surface area (Å²) in [5, 5.41) is 3.06. The number of rotatable bonds is 7. The summed E-state index contributed by atoms with van der Waals surface area (Å²) in [7, 11) is 1.92. The van der Waals surface area contributed by atoms with Gasteiger partial charge in [0.2, 0.25) is 5.91 Å². The standard InChI is InChI=1S/C20H21N3O2/c1-23-14-13-21-20(23)19(16-8-4-2-5-9-16)22-18(24)12-15-25-17-10-6-3-7-11-17/h2-11,13-14,19H,12,15H2,1H3,(H,22,24)/t19-/m0/s1. The molecule has 3 aromatic rings. The van der Waals surface area contributed by atoms with Gasteiger partial charge in [-0.15, -0.1) is 0 Å². The fourth-order valence-electron chi connectivity index (χ4n) is 2.61. The van der Waals surface area contributed by atoms with E-state index in [1.807, 2.05) is 78.5 Å². The van der Waals surface area contributed by atoms with E-state index in [0.29, 0.717) is 6.61 Å². The van der Waals surface area contributed by atoms with Crippen LogP contribution in [-0.4, -0.2) is 22.1 Å². The molecule has 0 bridgehead atoms. The lowest BCUT2D eigenvalue weighted by Crippen LogP contribution is -2.31. The number of para-hydroxylation sites is 1. The highest BCUT2D eigenvalue weighted by Crippen LogP contribution is 2.20. The zero-order chi connectivity index (χ0) is 17.5. The minimum Gasteiger partial charge on any atom is -0.493 e. The lowest BCUT2D eigenvalue weighted by atomic mass is 10.1. The van der Waals surface area contributed by atoms with Gasteiger partial charge in [-0.25, -0.2) is 4.98 Å². The molecule has 0 unspecified atom stereocenters. The first-order chi connectivity index (χ1) is 12.2. The zero-order valence-corrected chi connectivity index (χ0v) is 14.1. The highest BCUT2D eigenvalue weighted by atomic mass is 16.5. The summed E-state index contributed by atoms with van der Waals surface area (Å²) in [4.78, 5) is 16.8. The number of amides is 1. The molecule has 1 aromatic heterocycles. The van der Waals surface area contributed by atoms with Gasteiger partial charge in [0.25, 0.3) is 0 Å². The number of aryl methyl sites for hydroxylation is 1. The number of carbonyl (C=O) groups excluding carboxylic acids is 1. The van der Waals surface area contributed by atoms with Crippen LogP contribution in [0.25, 0.3) is 0 Å². The van der Waals surface area contributed by atoms with Crippen molar-refractivity contribution in [3.63, 3.8) is 0 Å². The molecule has 5 heteroatoms. The van der Waals surface area contributed by atoms with Crippen LogP contribution >= 0.6 is 0 Å². The number of nitrogens with one attached hydrogen (secondary N) is 1. The molecule has 2 aromatic carbocycles. The molecule has 3 rings (SSSR count). The molecule has 0 spiro atoms. The van der Waals surface area contributed by atoms with Crippen molar-refractivity contribution in [2.45, 2.75) is 12.5 Å². The third kappa shape index (κ3) is 4.47. The molecule has 5 nitrogen and oxygen atoms in total. The van der Waals surface area contributed by atoms with Crippen LogP contribution in [0.4, 0.5) is 0 Å². The first-order valence-corrected chi connectivity index (χ1v) is 8.23. The molecule has 1 amide bonds. The van der Waals surface area contributed by atoms with Crippen LogP contribution in [0.3, 0.4) is 0 Å². The molecule has 25 heavy (non-hydrogen) atoms. The Morgan fingerprint density at radius 1 is 1.12 bits per heavy atom. The van der Waals surface area contributed by atoms with Gasteiger partial charge in [-0.1, -0.05) is 48.5 Å². The SMILES string of the molecule is Cn1ccnc1[C@@H](NC(=O)CCOc1ccccc1)c1ccccc1. The number of imidazole rings is 1. The Labute approximate surface area is 147 Å². The molecular weight excluding hydrogens is 314 g/mol. The van der Waals surface area contributed by atoms with E-state index in [4.69, 9.17) is 4.74 Å². The highest BCUT2D eigenvalue weighted by Gasteiger charge is 2.20. The number of hydrogen-bond acceptors (Lipinski definition) is 3. The first-order valence-electron chi connectivity index (χ1n) is 8.23. The van der Waals surface area contributed by atoms with Gasteiger partial charge in [-0.2, -0.15) is 0 Å². The Balaban J connectivity index is 1.64. The molecule has 0 radical (unpaired) electrons. The molecule has 1 heterocycles. The summed E-state index contributed by atoms with van der Waals surface area (Å²) in [6, 6.07) is 19.0. The van der Waals surface area contributed by atoms with Gasteiger partial charge in [-0.3, -0.25) is 4.79 Å². The van der Waals surface area contributed by atoms with Crippen molar-refractivity contribution in [3.05, 3.63) is 84.4 Å². The number of aromatic nitrogens is 2. The normalized spacial score (nSPS) is 11.7. The van der Waals surface area contributed by atoms with Gasteiger partial charge in [0.15, 0.2) is 0 Å². The molecule has 0 fully saturated rings. The van der Waals surface area contributed by atoms with Crippen molar-refractivity contribution in [2.24, 2.45) is 7.05 Å². The van der Waals surface area contributed by atoms with Gasteiger partial charge in [-0.05, 0) is 17.7 Å². The van der Waals surface area contributed by atoms with Gasteiger partial charge >= 0.3 is 0 Å². The van der Waals surface area contributed by atoms with E-state index in [-0.39, 0.29) is 18.4 Å². The van der Waals surface area contributed by atoms with Crippen molar-refractivity contribution in [2.75, 3.05) is 6.61 Å². The predicted octanol–water partition coefficient (Wildman–Crippen LogP) is 3.09. The summed E-state index contributed by atoms with van der Waals surface area (Å²) in [5.41, 5.74) is 0.995. The fourth-order valence-corrected chi connectivity index (χ4v) is 2.61. The zero-order valence-electron chi connectivity index (χ0n) is 14.1. The van der Waals surface area contributed by atoms with Crippen molar-refractivity contribution in [3.8, 4) is 5.75 Å². The van der Waals surface area contributed by atoms with E-state index >= 15 is 0 Å². The van der Waals surface area contributed by atoms with E-state index in [9.17, 15) is 4.79 Å². The monoisotopic (exact) mass is 335 g/mol. The van der Waals surface area contributed by atoms with Crippen LogP contribution in [0.1, 0.15) is 23.9 Å². The Morgan fingerprint density at radius 2 is 1.80 bits per heavy atom. The minimum absolute atomic E-state index is 0.0761. The summed E-state index contributed by atoms with van der Waals surface area (Å²) < 4.78 is 7.51. The maximum absolute atomic E-state index is 12.4. The van der Waals surface area contributed by atoms with Gasteiger partial charge < -0.3 is 14.6 Å². The molecule has 1 atom stereocenters. The molecular formula is C20H21N3O2. The van der Waals surface area contributed by atoms with E-state index < -0.39 is 0 Å². The molecule has 1 N–H and O–H groups in total. The van der Waals surface area contributed by atoms with E-state index in [1.165, 1.54) is 0 Å². The lowest BCUT2D eigenvalue weighted by molar-refractivity contribution is -0.122. The predicted molar refractivity (Wildman–Crippen MR) is 96.2 cm³/mol. The maximum Gasteiger partial charge on any atom is 0.224 e. The topological polar surface area (TPSA) is 56.2 Å². The summed E-state index contributed by atoms with van der Waals surface area (Å²) in [6.45, 7) is 0.331. The van der Waals surface area contributed by atoms with Gasteiger partial charge in [0.1, 0.15) is 17.6 Å². The molecule has 0 saturated carbocycles. The maximum atomic E-state index is 12.4. The molecule has 0 aliphatic heterocycles. The second-order valence-corrected chi connectivity index (χ2v) is 5.72. The third-order valence-corrected chi connectivity index (χ3v) is 3.90. The van der Waals surface area contributed by atoms with Crippen molar-refractivity contribution in [1.82, 2.24) is 14.9 Å². The largest absolute Gasteiger partial charge is 0.493 e. The number of nitrogens with zero attached hydrogens (tertiary/aromatic N) is 2. The average Bonchev–Trinajstić information content (AvgIpc) is 3.07. The van der Waals surface area contributed by atoms with Crippen LogP contribution < -0.4 is 10.1 Å². The Kier molecular flexibility index (Phi) is 5.46. The van der Waals surface area contributed by atoms with Crippen LogP contribution in [0, 0.1) is 0 Å². The van der Waals surface area contributed by atoms with Crippen LogP contribution in [0.2, 0.25) is 0 Å². The average molecular weight is 335 g/mol. The fraction of sp³-hybridized carbons (Fsp3) is 0.200. The van der Waals surface area contributed by atoms with Crippen molar-refractivity contribution < 1.29 is 9.53 Å². The third-order valence-electron chi connectivity index (χ3n) is 3.90. The lowest BCUT2D eigenvalue weighted by Gasteiger charge is -2.19. The van der Waals surface area contributed by atoms with Crippen LogP contribution in [0.15, 0.2) is 73.1 Å². The summed E-state index contributed by atoms with van der Waals surface area (Å²) in [6.07, 6.45) is 3.88. The molecule has 128 valence electrons. The van der Waals surface area contributed by atoms with Crippen LogP contribution in [-0.2, 0) is 11.8 Å². The van der Waals surface area contributed by atoms with Crippen molar-refractivity contribution >= 4 is 5.91 Å². The number of carbonyl (C=O) groups is 1. The van der Waals surface area contributed by atoms with Crippen molar-refractivity contribution in [1.29, 1.82) is 0 Å². The first kappa shape index (κ1) is 16.8. The second kappa shape index (κ2) is 8.15. The second-order valence-electron chi connectivity index (χ2n) is 5.72. The Bertz CT molecular complexity index is 800. The Hall–Kier alpha value is -3.08. The summed E-state index contributed by atoms with van der Waals surface area (Å²) >= 11 is 0. The van der Waals surface area contributed by atoms with E-state index in [0.717, 1.165) is 17.1 Å².